The van der Waals surface area contributed by atoms with Gasteiger partial charge in [-0.3, -0.25) is 4.90 Å². The third-order valence-electron chi connectivity index (χ3n) is 3.17. The average Bonchev–Trinajstić information content (AvgIpc) is 2.25. The Labute approximate surface area is 92.4 Å². The van der Waals surface area contributed by atoms with E-state index >= 15 is 0 Å². The van der Waals surface area contributed by atoms with Crippen molar-refractivity contribution in [1.29, 1.82) is 0 Å². The van der Waals surface area contributed by atoms with Crippen LogP contribution in [0.25, 0.3) is 0 Å². The molecule has 90 valence electrons. The molecule has 2 unspecified atom stereocenters. The fourth-order valence-corrected chi connectivity index (χ4v) is 2.23. The largest absolute Gasteiger partial charge is 0.394 e. The summed E-state index contributed by atoms with van der Waals surface area (Å²) in [4.78, 5) is 2.29. The summed E-state index contributed by atoms with van der Waals surface area (Å²) < 4.78 is 5.25. The maximum absolute atomic E-state index is 8.56. The summed E-state index contributed by atoms with van der Waals surface area (Å²) in [5, 5.41) is 8.56. The molecular formula is C11H24N2O2. The second-order valence-electron chi connectivity index (χ2n) is 4.33. The van der Waals surface area contributed by atoms with Gasteiger partial charge in [-0.2, -0.15) is 0 Å². The predicted octanol–water partition coefficient (Wildman–Crippen LogP) is 0.197. The second-order valence-corrected chi connectivity index (χ2v) is 4.33. The Bertz CT molecular complexity index is 167. The standard InChI is InChI=1S/C11H24N2O2/c1-13(6-8-15-9-7-14)11-5-3-2-4-10(11)12/h10-11,14H,2-9,12H2,1H3. The molecule has 15 heavy (non-hydrogen) atoms. The molecule has 0 heterocycles. The topological polar surface area (TPSA) is 58.7 Å². The highest BCUT2D eigenvalue weighted by molar-refractivity contribution is 4.84. The van der Waals surface area contributed by atoms with Crippen LogP contribution in [0.1, 0.15) is 25.7 Å². The number of hydrogen-bond acceptors (Lipinski definition) is 4. The molecule has 4 nitrogen and oxygen atoms in total. The fraction of sp³-hybridized carbons (Fsp3) is 1.00. The van der Waals surface area contributed by atoms with E-state index in [0.717, 1.165) is 13.0 Å². The van der Waals surface area contributed by atoms with Crippen LogP contribution in [0.3, 0.4) is 0 Å². The molecule has 0 aliphatic heterocycles. The third-order valence-corrected chi connectivity index (χ3v) is 3.17. The van der Waals surface area contributed by atoms with Crippen LogP contribution in [0.15, 0.2) is 0 Å². The van der Waals surface area contributed by atoms with Crippen LogP contribution in [0.5, 0.6) is 0 Å². The molecule has 1 fully saturated rings. The fourth-order valence-electron chi connectivity index (χ4n) is 2.23. The van der Waals surface area contributed by atoms with Gasteiger partial charge in [-0.25, -0.2) is 0 Å². The molecule has 4 heteroatoms. The Morgan fingerprint density at radius 1 is 1.33 bits per heavy atom. The van der Waals surface area contributed by atoms with E-state index in [1.165, 1.54) is 19.3 Å². The van der Waals surface area contributed by atoms with E-state index in [1.807, 2.05) is 0 Å². The van der Waals surface area contributed by atoms with Gasteiger partial charge in [-0.15, -0.1) is 0 Å². The Balaban J connectivity index is 2.16. The first-order valence-electron chi connectivity index (χ1n) is 5.90. The number of nitrogens with zero attached hydrogens (tertiary/aromatic N) is 1. The lowest BCUT2D eigenvalue weighted by atomic mass is 9.90. The van der Waals surface area contributed by atoms with E-state index < -0.39 is 0 Å². The van der Waals surface area contributed by atoms with Gasteiger partial charge in [0.25, 0.3) is 0 Å². The molecule has 1 saturated carbocycles. The second kappa shape index (κ2) is 7.17. The molecule has 0 saturated heterocycles. The molecule has 0 aromatic heterocycles. The quantitative estimate of drug-likeness (QED) is 0.623. The number of rotatable bonds is 6. The first-order chi connectivity index (χ1) is 7.25. The summed E-state index contributed by atoms with van der Waals surface area (Å²) in [6.45, 7) is 2.12. The van der Waals surface area contributed by atoms with Crippen molar-refractivity contribution in [1.82, 2.24) is 4.90 Å². The maximum Gasteiger partial charge on any atom is 0.0698 e. The third kappa shape index (κ3) is 4.47. The van der Waals surface area contributed by atoms with Crippen molar-refractivity contribution in [2.45, 2.75) is 37.8 Å². The highest BCUT2D eigenvalue weighted by Crippen LogP contribution is 2.20. The molecule has 1 aliphatic rings. The molecule has 0 aromatic rings. The molecular weight excluding hydrogens is 192 g/mol. The monoisotopic (exact) mass is 216 g/mol. The van der Waals surface area contributed by atoms with Crippen molar-refractivity contribution in [3.63, 3.8) is 0 Å². The highest BCUT2D eigenvalue weighted by Gasteiger charge is 2.24. The van der Waals surface area contributed by atoms with Crippen molar-refractivity contribution in [2.24, 2.45) is 5.73 Å². The molecule has 0 aromatic carbocycles. The van der Waals surface area contributed by atoms with E-state index in [2.05, 4.69) is 11.9 Å². The summed E-state index contributed by atoms with van der Waals surface area (Å²) in [7, 11) is 2.11. The van der Waals surface area contributed by atoms with Crippen LogP contribution in [0.4, 0.5) is 0 Å². The zero-order chi connectivity index (χ0) is 11.1. The van der Waals surface area contributed by atoms with Crippen LogP contribution in [0.2, 0.25) is 0 Å². The Morgan fingerprint density at radius 2 is 2.07 bits per heavy atom. The minimum Gasteiger partial charge on any atom is -0.394 e. The minimum atomic E-state index is 0.104. The van der Waals surface area contributed by atoms with E-state index in [4.69, 9.17) is 15.6 Å². The van der Waals surface area contributed by atoms with Gasteiger partial charge in [0.1, 0.15) is 0 Å². The van der Waals surface area contributed by atoms with Gasteiger partial charge < -0.3 is 15.6 Å². The minimum absolute atomic E-state index is 0.104. The first kappa shape index (κ1) is 12.9. The van der Waals surface area contributed by atoms with Crippen molar-refractivity contribution >= 4 is 0 Å². The zero-order valence-corrected chi connectivity index (χ0v) is 9.69. The summed E-state index contributed by atoms with van der Waals surface area (Å²) in [6.07, 6.45) is 4.91. The normalized spacial score (nSPS) is 27.2. The molecule has 0 bridgehead atoms. The summed E-state index contributed by atoms with van der Waals surface area (Å²) in [6, 6.07) is 0.832. The first-order valence-corrected chi connectivity index (χ1v) is 5.90. The van der Waals surface area contributed by atoms with Crippen molar-refractivity contribution in [2.75, 3.05) is 33.4 Å². The summed E-state index contributed by atoms with van der Waals surface area (Å²) in [5.74, 6) is 0. The molecule has 0 amide bonds. The van der Waals surface area contributed by atoms with Gasteiger partial charge in [0.2, 0.25) is 0 Å². The zero-order valence-electron chi connectivity index (χ0n) is 9.69. The van der Waals surface area contributed by atoms with Gasteiger partial charge in [0, 0.05) is 18.6 Å². The van der Waals surface area contributed by atoms with Gasteiger partial charge in [0.15, 0.2) is 0 Å². The van der Waals surface area contributed by atoms with Crippen LogP contribution < -0.4 is 5.73 Å². The summed E-state index contributed by atoms with van der Waals surface area (Å²) >= 11 is 0. The van der Waals surface area contributed by atoms with Crippen LogP contribution in [-0.2, 0) is 4.74 Å². The van der Waals surface area contributed by atoms with Gasteiger partial charge in [-0.1, -0.05) is 12.8 Å². The SMILES string of the molecule is CN(CCOCCO)C1CCCCC1N. The van der Waals surface area contributed by atoms with Gasteiger partial charge in [0.05, 0.1) is 19.8 Å². The number of aliphatic hydroxyl groups excluding tert-OH is 1. The lowest BCUT2D eigenvalue weighted by molar-refractivity contribution is 0.0624. The number of likely N-dealkylation sites (N-methyl/N-ethyl adjacent to an activating group) is 1. The van der Waals surface area contributed by atoms with Gasteiger partial charge >= 0.3 is 0 Å². The Kier molecular flexibility index (Phi) is 6.17. The number of aliphatic hydroxyl groups is 1. The van der Waals surface area contributed by atoms with Crippen LogP contribution >= 0.6 is 0 Å². The van der Waals surface area contributed by atoms with Crippen molar-refractivity contribution < 1.29 is 9.84 Å². The highest BCUT2D eigenvalue weighted by atomic mass is 16.5. The average molecular weight is 216 g/mol. The Morgan fingerprint density at radius 3 is 2.73 bits per heavy atom. The summed E-state index contributed by atoms with van der Waals surface area (Å²) in [5.41, 5.74) is 6.09. The smallest absolute Gasteiger partial charge is 0.0698 e. The molecule has 1 rings (SSSR count). The van der Waals surface area contributed by atoms with E-state index in [0.29, 0.717) is 25.3 Å². The molecule has 1 aliphatic carbocycles. The lowest BCUT2D eigenvalue weighted by Gasteiger charge is -2.35. The van der Waals surface area contributed by atoms with Crippen molar-refractivity contribution in [3.05, 3.63) is 0 Å². The van der Waals surface area contributed by atoms with Crippen LogP contribution in [0, 0.1) is 0 Å². The van der Waals surface area contributed by atoms with E-state index in [-0.39, 0.29) is 6.61 Å². The molecule has 0 radical (unpaired) electrons. The van der Waals surface area contributed by atoms with E-state index in [9.17, 15) is 0 Å². The molecule has 3 N–H and O–H groups in total. The van der Waals surface area contributed by atoms with Crippen LogP contribution in [-0.4, -0.2) is 55.5 Å². The number of hydrogen-bond donors (Lipinski definition) is 2. The number of nitrogens with two attached hydrogens (primary N) is 1. The lowest BCUT2D eigenvalue weighted by Crippen LogP contribution is -2.48. The predicted molar refractivity (Wildman–Crippen MR) is 60.8 cm³/mol. The molecule has 0 spiro atoms. The van der Waals surface area contributed by atoms with Crippen molar-refractivity contribution in [3.8, 4) is 0 Å². The van der Waals surface area contributed by atoms with E-state index in [1.54, 1.807) is 0 Å². The Hall–Kier alpha value is -0.160. The number of ether oxygens (including phenoxy) is 1. The van der Waals surface area contributed by atoms with Gasteiger partial charge in [-0.05, 0) is 19.9 Å². The maximum atomic E-state index is 8.56. The molecule has 2 atom stereocenters.